The molecule has 3 atom stereocenters. The van der Waals surface area contributed by atoms with E-state index in [1.165, 1.54) is 0 Å². The Morgan fingerprint density at radius 2 is 2.00 bits per heavy atom. The maximum Gasteiger partial charge on any atom is 0.0591 e. The molecular weight excluding hydrogens is 301 g/mol. The van der Waals surface area contributed by atoms with Crippen molar-refractivity contribution in [1.82, 2.24) is 5.32 Å². The molecule has 1 rings (SSSR count). The van der Waals surface area contributed by atoms with Gasteiger partial charge in [-0.3, -0.25) is 4.21 Å². The van der Waals surface area contributed by atoms with Gasteiger partial charge in [-0.25, -0.2) is 0 Å². The molecule has 0 amide bonds. The van der Waals surface area contributed by atoms with Gasteiger partial charge in [-0.15, -0.1) is 0 Å². The molecule has 0 heterocycles. The van der Waals surface area contributed by atoms with Gasteiger partial charge in [0, 0.05) is 16.3 Å². The molecule has 0 aliphatic rings. The molecule has 0 bridgehead atoms. The number of hydrogen-bond acceptors (Lipinski definition) is 2. The lowest BCUT2D eigenvalue weighted by Gasteiger charge is -2.18. The smallest absolute Gasteiger partial charge is 0.0591 e. The van der Waals surface area contributed by atoms with E-state index >= 15 is 0 Å². The fourth-order valence-electron chi connectivity index (χ4n) is 1.91. The summed E-state index contributed by atoms with van der Waals surface area (Å²) in [7, 11) is -1.13. The van der Waals surface area contributed by atoms with Gasteiger partial charge in [0.25, 0.3) is 0 Å². The monoisotopic (exact) mass is 321 g/mol. The molecule has 0 radical (unpaired) electrons. The second kappa shape index (κ2) is 8.25. The lowest BCUT2D eigenvalue weighted by atomic mass is 10.2. The fraction of sp³-hybridized carbons (Fsp3) is 0.571. The molecule has 0 aliphatic carbocycles. The molecular formula is C14H21Cl2NOS. The Labute approximate surface area is 128 Å². The highest BCUT2D eigenvalue weighted by molar-refractivity contribution is 7.85. The van der Waals surface area contributed by atoms with Crippen LogP contribution in [0.25, 0.3) is 0 Å². The standard InChI is InChI=1S/C14H21Cl2NOS/c1-4-7-17-10(2)8-11(3)19(18)14-9-12(15)5-6-13(14)16/h5-6,9-11,17H,4,7-8H2,1-3H3. The van der Waals surface area contributed by atoms with E-state index in [-0.39, 0.29) is 5.25 Å². The summed E-state index contributed by atoms with van der Waals surface area (Å²) in [6.45, 7) is 7.21. The van der Waals surface area contributed by atoms with E-state index < -0.39 is 10.8 Å². The van der Waals surface area contributed by atoms with Crippen LogP contribution in [0.5, 0.6) is 0 Å². The predicted molar refractivity (Wildman–Crippen MR) is 84.7 cm³/mol. The second-order valence-corrected chi connectivity index (χ2v) is 7.46. The number of halogens is 2. The van der Waals surface area contributed by atoms with Gasteiger partial charge in [0.15, 0.2) is 0 Å². The average Bonchev–Trinajstić information content (AvgIpc) is 2.38. The Kier molecular flexibility index (Phi) is 7.37. The number of rotatable bonds is 7. The zero-order valence-corrected chi connectivity index (χ0v) is 13.9. The number of benzene rings is 1. The molecule has 0 saturated carbocycles. The fourth-order valence-corrected chi connectivity index (χ4v) is 3.89. The summed E-state index contributed by atoms with van der Waals surface area (Å²) < 4.78 is 12.5. The summed E-state index contributed by atoms with van der Waals surface area (Å²) in [6.07, 6.45) is 1.94. The Morgan fingerprint density at radius 1 is 1.32 bits per heavy atom. The molecule has 0 spiro atoms. The van der Waals surface area contributed by atoms with Gasteiger partial charge < -0.3 is 5.32 Å². The molecule has 5 heteroatoms. The Balaban J connectivity index is 2.68. The first-order valence-corrected chi connectivity index (χ1v) is 8.51. The van der Waals surface area contributed by atoms with Crippen molar-refractivity contribution in [2.75, 3.05) is 6.54 Å². The molecule has 1 aromatic carbocycles. The quantitative estimate of drug-likeness (QED) is 0.812. The third-order valence-corrected chi connectivity index (χ3v) is 5.28. The highest BCUT2D eigenvalue weighted by Gasteiger charge is 2.18. The van der Waals surface area contributed by atoms with Crippen LogP contribution in [-0.2, 0) is 10.8 Å². The molecule has 1 N–H and O–H groups in total. The normalized spacial score (nSPS) is 16.1. The molecule has 19 heavy (non-hydrogen) atoms. The Hall–Kier alpha value is -0.0900. The van der Waals surface area contributed by atoms with Gasteiger partial charge in [0.1, 0.15) is 0 Å². The third kappa shape index (κ3) is 5.42. The zero-order chi connectivity index (χ0) is 14.4. The largest absolute Gasteiger partial charge is 0.314 e. The molecule has 0 aliphatic heterocycles. The SMILES string of the molecule is CCCNC(C)CC(C)S(=O)c1cc(Cl)ccc1Cl. The van der Waals surface area contributed by atoms with Gasteiger partial charge in [-0.1, -0.05) is 37.0 Å². The first kappa shape index (κ1) is 17.0. The predicted octanol–water partition coefficient (Wildman–Crippen LogP) is 4.27. The van der Waals surface area contributed by atoms with Crippen LogP contribution in [0.4, 0.5) is 0 Å². The molecule has 0 fully saturated rings. The summed E-state index contributed by atoms with van der Waals surface area (Å²) in [4.78, 5) is 0.629. The van der Waals surface area contributed by atoms with E-state index in [4.69, 9.17) is 23.2 Å². The van der Waals surface area contributed by atoms with Crippen molar-refractivity contribution >= 4 is 34.0 Å². The van der Waals surface area contributed by atoms with Crippen LogP contribution in [0.1, 0.15) is 33.6 Å². The van der Waals surface area contributed by atoms with Crippen molar-refractivity contribution in [1.29, 1.82) is 0 Å². The summed E-state index contributed by atoms with van der Waals surface area (Å²) >= 11 is 12.0. The van der Waals surface area contributed by atoms with Crippen LogP contribution in [0.2, 0.25) is 10.0 Å². The van der Waals surface area contributed by atoms with E-state index in [0.717, 1.165) is 19.4 Å². The van der Waals surface area contributed by atoms with Gasteiger partial charge in [0.2, 0.25) is 0 Å². The van der Waals surface area contributed by atoms with E-state index in [2.05, 4.69) is 19.2 Å². The third-order valence-electron chi connectivity index (χ3n) is 2.90. The Bertz CT molecular complexity index is 439. The highest BCUT2D eigenvalue weighted by atomic mass is 35.5. The van der Waals surface area contributed by atoms with Crippen LogP contribution in [-0.4, -0.2) is 22.0 Å². The number of hydrogen-bond donors (Lipinski definition) is 1. The van der Waals surface area contributed by atoms with Crippen molar-refractivity contribution in [3.63, 3.8) is 0 Å². The summed E-state index contributed by atoms with van der Waals surface area (Å²) in [5.74, 6) is 0. The van der Waals surface area contributed by atoms with Gasteiger partial charge in [-0.2, -0.15) is 0 Å². The van der Waals surface area contributed by atoms with Crippen LogP contribution in [0.15, 0.2) is 23.1 Å². The first-order chi connectivity index (χ1) is 8.95. The molecule has 2 nitrogen and oxygen atoms in total. The minimum absolute atomic E-state index is 0.0373. The van der Waals surface area contributed by atoms with Crippen molar-refractivity contribution in [2.24, 2.45) is 0 Å². The van der Waals surface area contributed by atoms with E-state index in [0.29, 0.717) is 21.0 Å². The van der Waals surface area contributed by atoms with Crippen molar-refractivity contribution < 1.29 is 4.21 Å². The van der Waals surface area contributed by atoms with Crippen molar-refractivity contribution in [2.45, 2.75) is 49.8 Å². The van der Waals surface area contributed by atoms with Crippen LogP contribution < -0.4 is 5.32 Å². The minimum atomic E-state index is -1.13. The first-order valence-electron chi connectivity index (χ1n) is 6.54. The maximum atomic E-state index is 12.5. The zero-order valence-electron chi connectivity index (χ0n) is 11.6. The van der Waals surface area contributed by atoms with Crippen LogP contribution in [0, 0.1) is 0 Å². The van der Waals surface area contributed by atoms with Gasteiger partial charge >= 0.3 is 0 Å². The van der Waals surface area contributed by atoms with E-state index in [1.54, 1.807) is 18.2 Å². The molecule has 0 aromatic heterocycles. The van der Waals surface area contributed by atoms with Gasteiger partial charge in [0.05, 0.1) is 20.7 Å². The number of nitrogens with one attached hydrogen (secondary N) is 1. The van der Waals surface area contributed by atoms with Crippen LogP contribution in [0.3, 0.4) is 0 Å². The maximum absolute atomic E-state index is 12.5. The Morgan fingerprint density at radius 3 is 2.63 bits per heavy atom. The van der Waals surface area contributed by atoms with E-state index in [9.17, 15) is 4.21 Å². The second-order valence-electron chi connectivity index (χ2n) is 4.77. The molecule has 3 unspecified atom stereocenters. The molecule has 108 valence electrons. The summed E-state index contributed by atoms with van der Waals surface area (Å²) in [6, 6.07) is 5.45. The topological polar surface area (TPSA) is 29.1 Å². The lowest BCUT2D eigenvalue weighted by Crippen LogP contribution is -2.31. The lowest BCUT2D eigenvalue weighted by molar-refractivity contribution is 0.508. The van der Waals surface area contributed by atoms with Crippen LogP contribution >= 0.6 is 23.2 Å². The summed E-state index contributed by atoms with van der Waals surface area (Å²) in [5.41, 5.74) is 0. The van der Waals surface area contributed by atoms with Gasteiger partial charge in [-0.05, 0) is 44.5 Å². The molecule has 0 saturated heterocycles. The van der Waals surface area contributed by atoms with E-state index in [1.807, 2.05) is 6.92 Å². The van der Waals surface area contributed by atoms with Crippen molar-refractivity contribution in [3.8, 4) is 0 Å². The highest BCUT2D eigenvalue weighted by Crippen LogP contribution is 2.26. The molecule has 1 aromatic rings. The minimum Gasteiger partial charge on any atom is -0.314 e. The summed E-state index contributed by atoms with van der Waals surface area (Å²) in [5, 5.41) is 4.52. The average molecular weight is 322 g/mol. The van der Waals surface area contributed by atoms with Crippen molar-refractivity contribution in [3.05, 3.63) is 28.2 Å².